The molecule has 0 radical (unpaired) electrons. The lowest BCUT2D eigenvalue weighted by atomic mass is 9.97. The van der Waals surface area contributed by atoms with Gasteiger partial charge in [-0.1, -0.05) is 90.0 Å². The normalized spacial score (nSPS) is 11.4. The molecule has 0 saturated carbocycles. The maximum atomic E-state index is 10.3. The first-order valence-corrected chi connectivity index (χ1v) is 12.4. The predicted molar refractivity (Wildman–Crippen MR) is 151 cm³/mol. The van der Waals surface area contributed by atoms with E-state index in [0.29, 0.717) is 11.3 Å². The van der Waals surface area contributed by atoms with Crippen molar-refractivity contribution in [3.63, 3.8) is 0 Å². The molecular formula is C33H28N2O2. The van der Waals surface area contributed by atoms with Gasteiger partial charge in [-0.25, -0.2) is 4.99 Å². The largest absolute Gasteiger partial charge is 0.490 e. The zero-order chi connectivity index (χ0) is 25.9. The van der Waals surface area contributed by atoms with E-state index in [9.17, 15) is 5.26 Å². The van der Waals surface area contributed by atoms with E-state index in [1.54, 1.807) is 6.21 Å². The van der Waals surface area contributed by atoms with Gasteiger partial charge in [-0.2, -0.15) is 5.26 Å². The van der Waals surface area contributed by atoms with E-state index in [1.165, 1.54) is 0 Å². The quantitative estimate of drug-likeness (QED) is 0.226. The van der Waals surface area contributed by atoms with Gasteiger partial charge in [-0.3, -0.25) is 0 Å². The average molecular weight is 485 g/mol. The van der Waals surface area contributed by atoms with Crippen LogP contribution in [-0.4, -0.2) is 12.3 Å². The molecule has 0 aliphatic carbocycles. The second kappa shape index (κ2) is 10.2. The van der Waals surface area contributed by atoms with Crippen LogP contribution in [0.3, 0.4) is 0 Å². The maximum absolute atomic E-state index is 10.3. The highest BCUT2D eigenvalue weighted by Crippen LogP contribution is 2.43. The van der Waals surface area contributed by atoms with Crippen LogP contribution in [0.2, 0.25) is 0 Å². The van der Waals surface area contributed by atoms with Crippen molar-refractivity contribution in [2.75, 3.05) is 0 Å². The van der Waals surface area contributed by atoms with Gasteiger partial charge >= 0.3 is 0 Å². The molecule has 0 unspecified atom stereocenters. The molecule has 1 heterocycles. The highest BCUT2D eigenvalue weighted by atomic mass is 16.5. The fraction of sp³-hybridized carbons (Fsp3) is 0.152. The molecule has 4 nitrogen and oxygen atoms in total. The van der Waals surface area contributed by atoms with Crippen molar-refractivity contribution < 1.29 is 9.15 Å². The second-order valence-electron chi connectivity index (χ2n) is 9.45. The monoisotopic (exact) mass is 484 g/mol. The first-order valence-electron chi connectivity index (χ1n) is 12.4. The molecule has 4 aromatic carbocycles. The summed E-state index contributed by atoms with van der Waals surface area (Å²) in [6.07, 6.45) is 1.75. The van der Waals surface area contributed by atoms with Crippen molar-refractivity contribution in [2.24, 2.45) is 4.99 Å². The van der Waals surface area contributed by atoms with E-state index < -0.39 is 0 Å². The van der Waals surface area contributed by atoms with Crippen molar-refractivity contribution in [1.82, 2.24) is 0 Å². The zero-order valence-electron chi connectivity index (χ0n) is 21.4. The number of aryl methyl sites for hydroxylation is 2. The van der Waals surface area contributed by atoms with Gasteiger partial charge in [0.05, 0.1) is 6.10 Å². The number of rotatable bonds is 6. The third kappa shape index (κ3) is 4.90. The maximum Gasteiger partial charge on any atom is 0.238 e. The first kappa shape index (κ1) is 24.1. The number of furan rings is 1. The number of fused-ring (bicyclic) bond motifs is 1. The molecule has 0 amide bonds. The Labute approximate surface area is 217 Å². The van der Waals surface area contributed by atoms with Gasteiger partial charge in [0.2, 0.25) is 5.88 Å². The molecule has 5 aromatic rings. The van der Waals surface area contributed by atoms with Crippen LogP contribution in [0.25, 0.3) is 33.2 Å². The molecule has 182 valence electrons. The summed E-state index contributed by atoms with van der Waals surface area (Å²) in [4.78, 5) is 4.74. The lowest BCUT2D eigenvalue weighted by Gasteiger charge is -2.14. The van der Waals surface area contributed by atoms with Gasteiger partial charge in [0.25, 0.3) is 0 Å². The zero-order valence-corrected chi connectivity index (χ0v) is 21.4. The van der Waals surface area contributed by atoms with Gasteiger partial charge in [0.15, 0.2) is 0 Å². The van der Waals surface area contributed by atoms with Crippen LogP contribution in [-0.2, 0) is 0 Å². The molecule has 4 heteroatoms. The minimum absolute atomic E-state index is 0.00729. The van der Waals surface area contributed by atoms with Crippen LogP contribution in [0.5, 0.6) is 5.75 Å². The molecule has 0 saturated heterocycles. The number of ether oxygens (including phenoxy) is 1. The fourth-order valence-corrected chi connectivity index (χ4v) is 4.41. The topological polar surface area (TPSA) is 58.5 Å². The third-order valence-corrected chi connectivity index (χ3v) is 6.26. The van der Waals surface area contributed by atoms with Crippen LogP contribution in [0.15, 0.2) is 94.3 Å². The average Bonchev–Trinajstić information content (AvgIpc) is 3.27. The molecule has 0 atom stereocenters. The molecule has 0 aliphatic rings. The molecular weight excluding hydrogens is 456 g/mol. The Balaban J connectivity index is 1.70. The van der Waals surface area contributed by atoms with Crippen LogP contribution < -0.4 is 4.74 Å². The Kier molecular flexibility index (Phi) is 6.62. The second-order valence-corrected chi connectivity index (χ2v) is 9.45. The lowest BCUT2D eigenvalue weighted by molar-refractivity contribution is 0.242. The van der Waals surface area contributed by atoms with Gasteiger partial charge in [-0.05, 0) is 50.1 Å². The van der Waals surface area contributed by atoms with E-state index >= 15 is 0 Å². The smallest absolute Gasteiger partial charge is 0.238 e. The number of aliphatic imine (C=N–C) groups is 1. The Hall–Kier alpha value is -4.62. The fourth-order valence-electron chi connectivity index (χ4n) is 4.41. The Morgan fingerprint density at radius 2 is 1.49 bits per heavy atom. The Bertz CT molecular complexity index is 1630. The van der Waals surface area contributed by atoms with Crippen molar-refractivity contribution in [2.45, 2.75) is 33.8 Å². The van der Waals surface area contributed by atoms with Crippen molar-refractivity contribution in [1.29, 1.82) is 5.26 Å². The predicted octanol–water partition coefficient (Wildman–Crippen LogP) is 8.79. The van der Waals surface area contributed by atoms with E-state index in [0.717, 1.165) is 49.9 Å². The molecule has 5 rings (SSSR count). The van der Waals surface area contributed by atoms with Crippen molar-refractivity contribution >= 4 is 22.9 Å². The standard InChI is InChI=1S/C33H28N2O2/c1-21(2)36-30-18-17-24-7-5-6-8-27(24)29(30)20-35-33-28(19-34)31(25-13-9-22(3)10-14-25)32(37-33)26-15-11-23(4)12-16-26/h5-18,20-21H,1-4H3. The minimum Gasteiger partial charge on any atom is -0.490 e. The summed E-state index contributed by atoms with van der Waals surface area (Å²) in [6, 6.07) is 30.7. The van der Waals surface area contributed by atoms with Crippen molar-refractivity contribution in [3.05, 3.63) is 107 Å². The first-order chi connectivity index (χ1) is 17.9. The van der Waals surface area contributed by atoms with Crippen molar-refractivity contribution in [3.8, 4) is 34.3 Å². The summed E-state index contributed by atoms with van der Waals surface area (Å²) in [5, 5.41) is 12.4. The van der Waals surface area contributed by atoms with Gasteiger partial charge in [-0.15, -0.1) is 0 Å². The highest BCUT2D eigenvalue weighted by molar-refractivity contribution is 6.03. The summed E-state index contributed by atoms with van der Waals surface area (Å²) in [7, 11) is 0. The molecule has 1 aromatic heterocycles. The SMILES string of the molecule is Cc1ccc(-c2oc(N=Cc3c(OC(C)C)ccc4ccccc34)c(C#N)c2-c2ccc(C)cc2)cc1. The van der Waals surface area contributed by atoms with Gasteiger partial charge < -0.3 is 9.15 Å². The summed E-state index contributed by atoms with van der Waals surface area (Å²) in [5.74, 6) is 1.64. The minimum atomic E-state index is 0.00729. The number of nitriles is 1. The summed E-state index contributed by atoms with van der Waals surface area (Å²) in [6.45, 7) is 8.09. The molecule has 37 heavy (non-hydrogen) atoms. The van der Waals surface area contributed by atoms with Crippen LogP contribution in [0.4, 0.5) is 5.88 Å². The van der Waals surface area contributed by atoms with E-state index in [4.69, 9.17) is 14.1 Å². The molecule has 0 fully saturated rings. The molecule has 0 N–H and O–H groups in total. The van der Waals surface area contributed by atoms with Crippen LogP contribution >= 0.6 is 0 Å². The third-order valence-electron chi connectivity index (χ3n) is 6.26. The van der Waals surface area contributed by atoms with E-state index in [2.05, 4.69) is 12.1 Å². The number of benzene rings is 4. The van der Waals surface area contributed by atoms with E-state index in [1.807, 2.05) is 107 Å². The number of hydrogen-bond donors (Lipinski definition) is 0. The number of hydrogen-bond acceptors (Lipinski definition) is 4. The summed E-state index contributed by atoms with van der Waals surface area (Å²) >= 11 is 0. The lowest BCUT2D eigenvalue weighted by Crippen LogP contribution is -2.07. The van der Waals surface area contributed by atoms with Gasteiger partial charge in [0, 0.05) is 22.9 Å². The van der Waals surface area contributed by atoms with E-state index in [-0.39, 0.29) is 12.0 Å². The molecule has 0 bridgehead atoms. The number of nitrogens with zero attached hydrogens (tertiary/aromatic N) is 2. The molecule has 0 aliphatic heterocycles. The Morgan fingerprint density at radius 3 is 2.14 bits per heavy atom. The Morgan fingerprint density at radius 1 is 0.838 bits per heavy atom. The summed E-state index contributed by atoms with van der Waals surface area (Å²) < 4.78 is 12.4. The van der Waals surface area contributed by atoms with Crippen LogP contribution in [0.1, 0.15) is 36.1 Å². The highest BCUT2D eigenvalue weighted by Gasteiger charge is 2.23. The summed E-state index contributed by atoms with van der Waals surface area (Å²) in [5.41, 5.74) is 6.11. The molecule has 0 spiro atoms. The van der Waals surface area contributed by atoms with Crippen LogP contribution in [0, 0.1) is 25.2 Å². The van der Waals surface area contributed by atoms with Gasteiger partial charge in [0.1, 0.15) is 23.1 Å².